The molecule has 0 aliphatic heterocycles. The number of rotatable bonds is 10. The van der Waals surface area contributed by atoms with Crippen molar-refractivity contribution in [2.75, 3.05) is 20.2 Å². The molecule has 198 valence electrons. The van der Waals surface area contributed by atoms with Crippen LogP contribution in [-0.2, 0) is 26.0 Å². The molecular weight excluding hydrogens is 519 g/mol. The van der Waals surface area contributed by atoms with E-state index in [0.29, 0.717) is 12.0 Å². The largest absolute Gasteiger partial charge is 0.468 e. The lowest BCUT2D eigenvalue weighted by molar-refractivity contribution is -0.139. The van der Waals surface area contributed by atoms with Gasteiger partial charge in [-0.2, -0.15) is 0 Å². The number of sulfonamides is 1. The number of hydrogen-bond acceptors (Lipinski definition) is 8. The van der Waals surface area contributed by atoms with E-state index < -0.39 is 33.6 Å². The van der Waals surface area contributed by atoms with Crippen molar-refractivity contribution in [3.63, 3.8) is 0 Å². The zero-order valence-electron chi connectivity index (χ0n) is 20.1. The van der Waals surface area contributed by atoms with E-state index in [-0.39, 0.29) is 35.1 Å². The molecule has 3 aromatic rings. The van der Waals surface area contributed by atoms with E-state index in [9.17, 15) is 32.0 Å². The van der Waals surface area contributed by atoms with E-state index in [0.717, 1.165) is 11.8 Å². The van der Waals surface area contributed by atoms with Crippen molar-refractivity contribution in [1.82, 2.24) is 20.3 Å². The van der Waals surface area contributed by atoms with Crippen LogP contribution >= 0.6 is 0 Å². The Bertz CT molecular complexity index is 1430. The number of hydrogen-bond donors (Lipinski definition) is 3. The van der Waals surface area contributed by atoms with E-state index in [2.05, 4.69) is 20.4 Å². The van der Waals surface area contributed by atoms with Crippen LogP contribution in [0.1, 0.15) is 36.8 Å². The molecular formula is C25H23FN4O7S. The molecule has 0 bridgehead atoms. The highest BCUT2D eigenvalue weighted by Gasteiger charge is 2.20. The molecule has 0 saturated heterocycles. The number of nitrogens with zero attached hydrogens (tertiary/aromatic N) is 1. The summed E-state index contributed by atoms with van der Waals surface area (Å²) in [7, 11) is -3.03. The standard InChI is InChI=1S/C25H23FN4O7S/c1-37-22(31)15-29-25(34)21-11-6-18(14-28-21)24(33)30-38(35,36)20-9-2-16(3-10-20)12-13-27-23(32)17-4-7-19(26)8-5-17/h2-11,14H,12-13,15H2,1H3,(H,27,32)(H,29,34)(H,30,33). The molecule has 1 aromatic heterocycles. The van der Waals surface area contributed by atoms with Gasteiger partial charge in [-0.3, -0.25) is 24.2 Å². The van der Waals surface area contributed by atoms with Crippen LogP contribution < -0.4 is 15.4 Å². The first kappa shape index (κ1) is 27.9. The lowest BCUT2D eigenvalue weighted by Crippen LogP contribution is -2.32. The van der Waals surface area contributed by atoms with E-state index >= 15 is 0 Å². The van der Waals surface area contributed by atoms with E-state index in [1.54, 1.807) is 12.1 Å². The van der Waals surface area contributed by atoms with Crippen LogP contribution in [0.2, 0.25) is 0 Å². The second-order valence-corrected chi connectivity index (χ2v) is 9.46. The predicted molar refractivity (Wildman–Crippen MR) is 132 cm³/mol. The smallest absolute Gasteiger partial charge is 0.325 e. The third-order valence-electron chi connectivity index (χ3n) is 5.15. The minimum Gasteiger partial charge on any atom is -0.468 e. The number of pyridine rings is 1. The van der Waals surface area contributed by atoms with Gasteiger partial charge in [0, 0.05) is 18.3 Å². The van der Waals surface area contributed by atoms with Gasteiger partial charge in [0.1, 0.15) is 18.1 Å². The first-order valence-corrected chi connectivity index (χ1v) is 12.6. The van der Waals surface area contributed by atoms with Gasteiger partial charge in [0.25, 0.3) is 27.7 Å². The first-order chi connectivity index (χ1) is 18.1. The summed E-state index contributed by atoms with van der Waals surface area (Å²) in [5, 5.41) is 4.98. The third kappa shape index (κ3) is 7.67. The monoisotopic (exact) mass is 542 g/mol. The predicted octanol–water partition coefficient (Wildman–Crippen LogP) is 1.21. The molecule has 0 aliphatic rings. The zero-order valence-corrected chi connectivity index (χ0v) is 20.9. The summed E-state index contributed by atoms with van der Waals surface area (Å²) in [6.07, 6.45) is 1.44. The molecule has 11 nitrogen and oxygen atoms in total. The van der Waals surface area contributed by atoms with Crippen LogP contribution in [0.5, 0.6) is 0 Å². The number of halogens is 1. The van der Waals surface area contributed by atoms with Gasteiger partial charge in [0.2, 0.25) is 0 Å². The van der Waals surface area contributed by atoms with Crippen molar-refractivity contribution >= 4 is 33.7 Å². The molecule has 3 N–H and O–H groups in total. The average Bonchev–Trinajstić information content (AvgIpc) is 2.92. The molecule has 0 atom stereocenters. The van der Waals surface area contributed by atoms with Crippen LogP contribution in [0.15, 0.2) is 71.8 Å². The molecule has 13 heteroatoms. The van der Waals surface area contributed by atoms with Gasteiger partial charge in [-0.1, -0.05) is 12.1 Å². The van der Waals surface area contributed by atoms with Crippen LogP contribution in [-0.4, -0.2) is 57.3 Å². The van der Waals surface area contributed by atoms with E-state index in [1.807, 2.05) is 4.72 Å². The number of esters is 1. The van der Waals surface area contributed by atoms with Gasteiger partial charge < -0.3 is 15.4 Å². The van der Waals surface area contributed by atoms with Gasteiger partial charge >= 0.3 is 5.97 Å². The Balaban J connectivity index is 1.53. The van der Waals surface area contributed by atoms with Crippen molar-refractivity contribution in [2.45, 2.75) is 11.3 Å². The maximum Gasteiger partial charge on any atom is 0.325 e. The molecule has 0 fully saturated rings. The van der Waals surface area contributed by atoms with E-state index in [1.165, 1.54) is 55.6 Å². The van der Waals surface area contributed by atoms with Crippen LogP contribution in [0, 0.1) is 5.82 Å². The van der Waals surface area contributed by atoms with E-state index in [4.69, 9.17) is 0 Å². The lowest BCUT2D eigenvalue weighted by atomic mass is 10.1. The second-order valence-electron chi connectivity index (χ2n) is 7.78. The Labute approximate surface area is 217 Å². The molecule has 0 saturated carbocycles. The number of carbonyl (C=O) groups is 4. The fraction of sp³-hybridized carbons (Fsp3) is 0.160. The number of aromatic nitrogens is 1. The third-order valence-corrected chi connectivity index (χ3v) is 6.49. The fourth-order valence-corrected chi connectivity index (χ4v) is 4.05. The topological polar surface area (TPSA) is 161 Å². The maximum atomic E-state index is 13.0. The normalized spacial score (nSPS) is 10.8. The molecule has 0 aliphatic carbocycles. The second kappa shape index (κ2) is 12.5. The van der Waals surface area contributed by atoms with Crippen molar-refractivity contribution in [3.8, 4) is 0 Å². The van der Waals surface area contributed by atoms with Crippen molar-refractivity contribution in [2.24, 2.45) is 0 Å². The van der Waals surface area contributed by atoms with Crippen molar-refractivity contribution in [1.29, 1.82) is 0 Å². The molecule has 2 aromatic carbocycles. The number of ether oxygens (including phenoxy) is 1. The first-order valence-electron chi connectivity index (χ1n) is 11.1. The number of nitrogens with one attached hydrogen (secondary N) is 3. The summed E-state index contributed by atoms with van der Waals surface area (Å²) in [6.45, 7) is -0.0936. The Hall–Kier alpha value is -4.65. The van der Waals surface area contributed by atoms with Crippen LogP contribution in [0.4, 0.5) is 4.39 Å². The van der Waals surface area contributed by atoms with Gasteiger partial charge in [0.05, 0.1) is 17.6 Å². The molecule has 38 heavy (non-hydrogen) atoms. The van der Waals surface area contributed by atoms with Gasteiger partial charge in [-0.15, -0.1) is 0 Å². The number of amides is 3. The highest BCUT2D eigenvalue weighted by Crippen LogP contribution is 2.12. The summed E-state index contributed by atoms with van der Waals surface area (Å²) in [5.74, 6) is -3.09. The Morgan fingerprint density at radius 3 is 2.11 bits per heavy atom. The number of benzene rings is 2. The minimum absolute atomic E-state index is 0.0854. The molecule has 3 amide bonds. The summed E-state index contributed by atoms with van der Waals surface area (Å²) in [6, 6.07) is 13.3. The number of carbonyl (C=O) groups excluding carboxylic acids is 4. The highest BCUT2D eigenvalue weighted by molar-refractivity contribution is 7.90. The summed E-state index contributed by atoms with van der Waals surface area (Å²) in [5.41, 5.74) is 0.861. The van der Waals surface area contributed by atoms with Gasteiger partial charge in [-0.25, -0.2) is 17.5 Å². The number of methoxy groups -OCH3 is 1. The summed E-state index contributed by atoms with van der Waals surface area (Å²) < 4.78 is 44.6. The Morgan fingerprint density at radius 1 is 0.842 bits per heavy atom. The zero-order chi connectivity index (χ0) is 27.7. The minimum atomic E-state index is -4.20. The highest BCUT2D eigenvalue weighted by atomic mass is 32.2. The van der Waals surface area contributed by atoms with Crippen molar-refractivity contribution in [3.05, 3.63) is 95.1 Å². The Kier molecular flexibility index (Phi) is 9.22. The quantitative estimate of drug-likeness (QED) is 0.322. The Morgan fingerprint density at radius 2 is 1.50 bits per heavy atom. The SMILES string of the molecule is COC(=O)CNC(=O)c1ccc(C(=O)NS(=O)(=O)c2ccc(CCNC(=O)c3ccc(F)cc3)cc2)cn1. The summed E-state index contributed by atoms with van der Waals surface area (Å²) in [4.78, 5) is 51.2. The van der Waals surface area contributed by atoms with Crippen LogP contribution in [0.3, 0.4) is 0 Å². The lowest BCUT2D eigenvalue weighted by Gasteiger charge is -2.09. The van der Waals surface area contributed by atoms with Crippen LogP contribution in [0.25, 0.3) is 0 Å². The average molecular weight is 543 g/mol. The van der Waals surface area contributed by atoms with Gasteiger partial charge in [-0.05, 0) is 60.5 Å². The molecule has 1 heterocycles. The van der Waals surface area contributed by atoms with Gasteiger partial charge in [0.15, 0.2) is 0 Å². The maximum absolute atomic E-state index is 13.0. The molecule has 0 unspecified atom stereocenters. The fourth-order valence-electron chi connectivity index (χ4n) is 3.08. The molecule has 0 radical (unpaired) electrons. The molecule has 0 spiro atoms. The summed E-state index contributed by atoms with van der Waals surface area (Å²) >= 11 is 0. The molecule has 3 rings (SSSR count). The van der Waals surface area contributed by atoms with Crippen molar-refractivity contribution < 1.29 is 36.7 Å².